The molecule has 2 heterocycles. The van der Waals surface area contributed by atoms with Crippen LogP contribution in [0.25, 0.3) is 10.9 Å². The molecular formula is C15H21N5. The lowest BCUT2D eigenvalue weighted by Crippen LogP contribution is -2.30. The van der Waals surface area contributed by atoms with Crippen LogP contribution in [0.5, 0.6) is 0 Å². The second-order valence-electron chi connectivity index (χ2n) is 5.27. The lowest BCUT2D eigenvalue weighted by molar-refractivity contribution is 0.459. The van der Waals surface area contributed by atoms with E-state index in [1.165, 1.54) is 22.2 Å². The third kappa shape index (κ3) is 2.49. The molecule has 5 heteroatoms. The van der Waals surface area contributed by atoms with Gasteiger partial charge >= 0.3 is 0 Å². The van der Waals surface area contributed by atoms with E-state index in [0.29, 0.717) is 12.6 Å². The first-order chi connectivity index (χ1) is 9.75. The first kappa shape index (κ1) is 13.0. The Bertz CT molecular complexity index is 624. The summed E-state index contributed by atoms with van der Waals surface area (Å²) in [6.45, 7) is 1.72. The van der Waals surface area contributed by atoms with Crippen molar-refractivity contribution in [3.63, 3.8) is 0 Å². The van der Waals surface area contributed by atoms with Crippen LogP contribution in [0.15, 0.2) is 29.3 Å². The minimum atomic E-state index is 0.174. The van der Waals surface area contributed by atoms with E-state index in [1.54, 1.807) is 0 Å². The molecule has 2 aromatic rings. The standard InChI is InChI=1S/C15H21N5/c16-15(17)19-8-3-6-13-14-11(7-9-18-13)10-4-1-2-5-12(10)20-14/h1-2,4-5,13,18,20H,3,6-9H2,(H4,16,17,19)/t13-/m1/s1. The molecule has 0 aliphatic carbocycles. The highest BCUT2D eigenvalue weighted by Crippen LogP contribution is 2.31. The molecule has 0 fully saturated rings. The zero-order valence-electron chi connectivity index (χ0n) is 11.5. The van der Waals surface area contributed by atoms with Gasteiger partial charge in [-0.1, -0.05) is 18.2 Å². The van der Waals surface area contributed by atoms with Crippen LogP contribution in [0.4, 0.5) is 0 Å². The summed E-state index contributed by atoms with van der Waals surface area (Å²) in [5, 5.41) is 4.94. The maximum absolute atomic E-state index is 5.35. The molecule has 1 aliphatic heterocycles. The first-order valence-corrected chi connectivity index (χ1v) is 7.14. The smallest absolute Gasteiger partial charge is 0.185 e. The molecule has 0 bridgehead atoms. The number of aliphatic imine (C=N–C) groups is 1. The van der Waals surface area contributed by atoms with Gasteiger partial charge in [-0.3, -0.25) is 4.99 Å². The molecule has 0 saturated heterocycles. The van der Waals surface area contributed by atoms with E-state index in [-0.39, 0.29) is 5.96 Å². The Morgan fingerprint density at radius 1 is 1.30 bits per heavy atom. The van der Waals surface area contributed by atoms with Crippen LogP contribution in [-0.4, -0.2) is 24.0 Å². The largest absolute Gasteiger partial charge is 0.370 e. The molecule has 0 radical (unpaired) electrons. The number of nitrogens with zero attached hydrogens (tertiary/aromatic N) is 1. The van der Waals surface area contributed by atoms with Crippen molar-refractivity contribution < 1.29 is 0 Å². The predicted molar refractivity (Wildman–Crippen MR) is 82.7 cm³/mol. The molecule has 1 aromatic heterocycles. The monoisotopic (exact) mass is 271 g/mol. The van der Waals surface area contributed by atoms with Gasteiger partial charge in [0.1, 0.15) is 0 Å². The molecule has 106 valence electrons. The molecule has 20 heavy (non-hydrogen) atoms. The molecule has 0 unspecified atom stereocenters. The molecule has 5 nitrogen and oxygen atoms in total. The van der Waals surface area contributed by atoms with Crippen molar-refractivity contribution in [2.24, 2.45) is 16.5 Å². The highest BCUT2D eigenvalue weighted by molar-refractivity contribution is 5.85. The minimum Gasteiger partial charge on any atom is -0.370 e. The summed E-state index contributed by atoms with van der Waals surface area (Å²) in [5.41, 5.74) is 14.7. The fourth-order valence-electron chi connectivity index (χ4n) is 3.01. The third-order valence-corrected chi connectivity index (χ3v) is 3.91. The van der Waals surface area contributed by atoms with Gasteiger partial charge in [-0.2, -0.15) is 0 Å². The molecule has 0 spiro atoms. The Morgan fingerprint density at radius 3 is 3.00 bits per heavy atom. The van der Waals surface area contributed by atoms with Gasteiger partial charge in [0.2, 0.25) is 0 Å². The summed E-state index contributed by atoms with van der Waals surface area (Å²) >= 11 is 0. The predicted octanol–water partition coefficient (Wildman–Crippen LogP) is 1.41. The summed E-state index contributed by atoms with van der Waals surface area (Å²) < 4.78 is 0. The van der Waals surface area contributed by atoms with Crippen LogP contribution in [0.1, 0.15) is 30.1 Å². The molecule has 1 aromatic carbocycles. The molecule has 1 aliphatic rings. The van der Waals surface area contributed by atoms with Crippen LogP contribution >= 0.6 is 0 Å². The van der Waals surface area contributed by atoms with Gasteiger partial charge in [0.05, 0.1) is 0 Å². The number of aromatic nitrogens is 1. The number of H-pyrrole nitrogens is 1. The van der Waals surface area contributed by atoms with Crippen molar-refractivity contribution in [3.05, 3.63) is 35.5 Å². The van der Waals surface area contributed by atoms with E-state index in [2.05, 4.69) is 39.6 Å². The van der Waals surface area contributed by atoms with Crippen molar-refractivity contribution in [3.8, 4) is 0 Å². The second-order valence-corrected chi connectivity index (χ2v) is 5.27. The molecular weight excluding hydrogens is 250 g/mol. The van der Waals surface area contributed by atoms with E-state index in [4.69, 9.17) is 11.5 Å². The lowest BCUT2D eigenvalue weighted by atomic mass is 9.96. The third-order valence-electron chi connectivity index (χ3n) is 3.91. The Kier molecular flexibility index (Phi) is 3.60. The quantitative estimate of drug-likeness (QED) is 0.385. The zero-order valence-corrected chi connectivity index (χ0v) is 11.5. The Labute approximate surface area is 118 Å². The van der Waals surface area contributed by atoms with Crippen LogP contribution in [0.2, 0.25) is 0 Å². The van der Waals surface area contributed by atoms with E-state index >= 15 is 0 Å². The van der Waals surface area contributed by atoms with Gasteiger partial charge in [0.25, 0.3) is 0 Å². The van der Waals surface area contributed by atoms with Crippen LogP contribution in [0.3, 0.4) is 0 Å². The minimum absolute atomic E-state index is 0.174. The van der Waals surface area contributed by atoms with Crippen molar-refractivity contribution >= 4 is 16.9 Å². The van der Waals surface area contributed by atoms with Gasteiger partial charge in [0.15, 0.2) is 5.96 Å². The maximum Gasteiger partial charge on any atom is 0.185 e. The lowest BCUT2D eigenvalue weighted by Gasteiger charge is -2.24. The number of benzene rings is 1. The van der Waals surface area contributed by atoms with Gasteiger partial charge in [0, 0.05) is 29.2 Å². The van der Waals surface area contributed by atoms with E-state index in [9.17, 15) is 0 Å². The number of rotatable bonds is 4. The Balaban J connectivity index is 1.78. The van der Waals surface area contributed by atoms with Crippen molar-refractivity contribution in [1.29, 1.82) is 0 Å². The molecule has 6 N–H and O–H groups in total. The summed E-state index contributed by atoms with van der Waals surface area (Å²) in [5.74, 6) is 0.174. The van der Waals surface area contributed by atoms with Crippen LogP contribution in [-0.2, 0) is 6.42 Å². The number of nitrogens with one attached hydrogen (secondary N) is 2. The van der Waals surface area contributed by atoms with E-state index in [1.807, 2.05) is 0 Å². The number of nitrogens with two attached hydrogens (primary N) is 2. The van der Waals surface area contributed by atoms with Gasteiger partial charge in [-0.15, -0.1) is 0 Å². The summed E-state index contributed by atoms with van der Waals surface area (Å²) in [6.07, 6.45) is 3.10. The maximum atomic E-state index is 5.35. The average Bonchev–Trinajstić information content (AvgIpc) is 2.83. The number of para-hydroxylation sites is 1. The average molecular weight is 271 g/mol. The number of hydrogen-bond acceptors (Lipinski definition) is 2. The van der Waals surface area contributed by atoms with Gasteiger partial charge < -0.3 is 21.8 Å². The van der Waals surface area contributed by atoms with E-state index < -0.39 is 0 Å². The molecule has 1 atom stereocenters. The van der Waals surface area contributed by atoms with Gasteiger partial charge in [-0.25, -0.2) is 0 Å². The van der Waals surface area contributed by atoms with Crippen LogP contribution in [0, 0.1) is 0 Å². The highest BCUT2D eigenvalue weighted by atomic mass is 15.0. The fourth-order valence-corrected chi connectivity index (χ4v) is 3.01. The summed E-state index contributed by atoms with van der Waals surface area (Å²) in [4.78, 5) is 7.61. The molecule has 0 saturated carbocycles. The topological polar surface area (TPSA) is 92.2 Å². The number of fused-ring (bicyclic) bond motifs is 3. The number of hydrogen-bond donors (Lipinski definition) is 4. The first-order valence-electron chi connectivity index (χ1n) is 7.14. The fraction of sp³-hybridized carbons (Fsp3) is 0.400. The van der Waals surface area contributed by atoms with Crippen LogP contribution < -0.4 is 16.8 Å². The normalized spacial score (nSPS) is 17.9. The molecule has 0 amide bonds. The van der Waals surface area contributed by atoms with E-state index in [0.717, 1.165) is 25.8 Å². The number of aromatic amines is 1. The Morgan fingerprint density at radius 2 is 2.15 bits per heavy atom. The second kappa shape index (κ2) is 5.54. The Hall–Kier alpha value is -2.01. The zero-order chi connectivity index (χ0) is 13.9. The van der Waals surface area contributed by atoms with Gasteiger partial charge in [-0.05, 0) is 37.4 Å². The van der Waals surface area contributed by atoms with Crippen molar-refractivity contribution in [2.45, 2.75) is 25.3 Å². The summed E-state index contributed by atoms with van der Waals surface area (Å²) in [7, 11) is 0. The highest BCUT2D eigenvalue weighted by Gasteiger charge is 2.22. The van der Waals surface area contributed by atoms with Crippen molar-refractivity contribution in [1.82, 2.24) is 10.3 Å². The van der Waals surface area contributed by atoms with Crippen molar-refractivity contribution in [2.75, 3.05) is 13.1 Å². The number of guanidine groups is 1. The summed E-state index contributed by atoms with van der Waals surface area (Å²) in [6, 6.07) is 8.90. The molecule has 3 rings (SSSR count). The SMILES string of the molecule is NC(N)=NCCC[C@H]1NCCc2c1[nH]c1ccccc21.